The van der Waals surface area contributed by atoms with Crippen molar-refractivity contribution in [3.8, 4) is 5.75 Å². The minimum absolute atomic E-state index is 0.0782. The molecule has 0 atom stereocenters. The van der Waals surface area contributed by atoms with Crippen molar-refractivity contribution in [1.29, 1.82) is 0 Å². The van der Waals surface area contributed by atoms with Crippen LogP contribution in [0.5, 0.6) is 5.75 Å². The van der Waals surface area contributed by atoms with Crippen LogP contribution in [-0.2, 0) is 6.61 Å². The molecular formula is C12H8BrClFNO. The van der Waals surface area contributed by atoms with Gasteiger partial charge in [-0.2, -0.15) is 0 Å². The summed E-state index contributed by atoms with van der Waals surface area (Å²) in [5.41, 5.74) is 0.345. The number of hydrogen-bond donors (Lipinski definition) is 0. The summed E-state index contributed by atoms with van der Waals surface area (Å²) in [6.07, 6.45) is 1.55. The molecule has 5 heteroatoms. The molecule has 0 aliphatic rings. The average Bonchev–Trinajstić information content (AvgIpc) is 2.31. The molecule has 0 saturated heterocycles. The number of rotatable bonds is 3. The smallest absolute Gasteiger partial charge is 0.138 e. The molecule has 1 aromatic carbocycles. The molecule has 0 unspecified atom stereocenters. The lowest BCUT2D eigenvalue weighted by Crippen LogP contribution is -1.99. The number of ether oxygens (including phenoxy) is 1. The molecule has 0 amide bonds. The van der Waals surface area contributed by atoms with Gasteiger partial charge in [-0.15, -0.1) is 0 Å². The van der Waals surface area contributed by atoms with Crippen LogP contribution in [0.3, 0.4) is 0 Å². The van der Waals surface area contributed by atoms with E-state index in [-0.39, 0.29) is 12.4 Å². The van der Waals surface area contributed by atoms with Crippen molar-refractivity contribution in [1.82, 2.24) is 4.98 Å². The highest BCUT2D eigenvalue weighted by atomic mass is 79.9. The molecule has 2 nitrogen and oxygen atoms in total. The molecule has 0 radical (unpaired) electrons. The Bertz CT molecular complexity index is 498. The van der Waals surface area contributed by atoms with E-state index in [1.165, 1.54) is 6.07 Å². The summed E-state index contributed by atoms with van der Waals surface area (Å²) in [6, 6.07) is 8.03. The van der Waals surface area contributed by atoms with E-state index < -0.39 is 0 Å². The molecule has 88 valence electrons. The third-order valence-corrected chi connectivity index (χ3v) is 2.97. The molecule has 0 aliphatic carbocycles. The zero-order valence-corrected chi connectivity index (χ0v) is 11.0. The van der Waals surface area contributed by atoms with Crippen molar-refractivity contribution < 1.29 is 9.13 Å². The Kier molecular flexibility index (Phi) is 3.97. The van der Waals surface area contributed by atoms with Gasteiger partial charge in [-0.25, -0.2) is 9.37 Å². The van der Waals surface area contributed by atoms with E-state index in [1.807, 2.05) is 0 Å². The van der Waals surface area contributed by atoms with Crippen LogP contribution in [0.2, 0.25) is 5.02 Å². The fourth-order valence-corrected chi connectivity index (χ4v) is 1.73. The first-order chi connectivity index (χ1) is 8.16. The number of hydrogen-bond acceptors (Lipinski definition) is 2. The van der Waals surface area contributed by atoms with Gasteiger partial charge in [0, 0.05) is 5.56 Å². The second-order valence-corrected chi connectivity index (χ2v) is 4.53. The Hall–Kier alpha value is -1.13. The van der Waals surface area contributed by atoms with E-state index in [4.69, 9.17) is 16.3 Å². The van der Waals surface area contributed by atoms with E-state index in [2.05, 4.69) is 20.9 Å². The topological polar surface area (TPSA) is 22.1 Å². The van der Waals surface area contributed by atoms with Crippen LogP contribution in [-0.4, -0.2) is 4.98 Å². The van der Waals surface area contributed by atoms with Gasteiger partial charge in [-0.05, 0) is 40.2 Å². The van der Waals surface area contributed by atoms with E-state index in [1.54, 1.807) is 30.5 Å². The lowest BCUT2D eigenvalue weighted by Gasteiger charge is -2.08. The summed E-state index contributed by atoms with van der Waals surface area (Å²) in [6.45, 7) is 0.0782. The maximum absolute atomic E-state index is 13.4. The van der Waals surface area contributed by atoms with Crippen LogP contribution in [0.1, 0.15) is 5.56 Å². The molecule has 17 heavy (non-hydrogen) atoms. The highest BCUT2D eigenvalue weighted by Gasteiger charge is 2.07. The minimum atomic E-state index is -0.373. The predicted octanol–water partition coefficient (Wildman–Crippen LogP) is 4.22. The second-order valence-electron chi connectivity index (χ2n) is 3.31. The van der Waals surface area contributed by atoms with Gasteiger partial charge in [0.1, 0.15) is 22.8 Å². The molecule has 0 bridgehead atoms. The zero-order chi connectivity index (χ0) is 12.3. The SMILES string of the molecule is Fc1cccc(Cl)c1COc1ccc(Br)nc1. The number of aromatic nitrogens is 1. The van der Waals surface area contributed by atoms with Crippen molar-refractivity contribution in [2.24, 2.45) is 0 Å². The van der Waals surface area contributed by atoms with Crippen LogP contribution in [0.15, 0.2) is 41.1 Å². The van der Waals surface area contributed by atoms with Crippen molar-refractivity contribution in [2.45, 2.75) is 6.61 Å². The third kappa shape index (κ3) is 3.17. The molecule has 2 aromatic rings. The summed E-state index contributed by atoms with van der Waals surface area (Å²) in [7, 11) is 0. The van der Waals surface area contributed by atoms with Gasteiger partial charge < -0.3 is 4.74 Å². The Labute approximate surface area is 112 Å². The summed E-state index contributed by atoms with van der Waals surface area (Å²) in [4.78, 5) is 4.00. The Balaban J connectivity index is 2.10. The van der Waals surface area contributed by atoms with E-state index in [0.717, 1.165) is 0 Å². The Morgan fingerprint density at radius 1 is 1.29 bits per heavy atom. The van der Waals surface area contributed by atoms with Crippen molar-refractivity contribution >= 4 is 27.5 Å². The van der Waals surface area contributed by atoms with Gasteiger partial charge in [0.05, 0.1) is 11.2 Å². The van der Waals surface area contributed by atoms with Gasteiger partial charge in [0.25, 0.3) is 0 Å². The fraction of sp³-hybridized carbons (Fsp3) is 0.0833. The number of benzene rings is 1. The van der Waals surface area contributed by atoms with Gasteiger partial charge in [-0.3, -0.25) is 0 Å². The van der Waals surface area contributed by atoms with E-state index >= 15 is 0 Å². The van der Waals surface area contributed by atoms with E-state index in [0.29, 0.717) is 20.9 Å². The first-order valence-corrected chi connectivity index (χ1v) is 6.01. The second kappa shape index (κ2) is 5.47. The zero-order valence-electron chi connectivity index (χ0n) is 8.66. The monoisotopic (exact) mass is 315 g/mol. The first kappa shape index (κ1) is 12.3. The fourth-order valence-electron chi connectivity index (χ4n) is 1.27. The standard InChI is InChI=1S/C12H8BrClFNO/c13-12-5-4-8(6-16-12)17-7-9-10(14)2-1-3-11(9)15/h1-6H,7H2. The Morgan fingerprint density at radius 2 is 2.12 bits per heavy atom. The highest BCUT2D eigenvalue weighted by molar-refractivity contribution is 9.10. The van der Waals surface area contributed by atoms with Crippen LogP contribution in [0, 0.1) is 5.82 Å². The molecule has 0 saturated carbocycles. The number of pyridine rings is 1. The lowest BCUT2D eigenvalue weighted by molar-refractivity contribution is 0.298. The molecule has 2 rings (SSSR count). The maximum Gasteiger partial charge on any atom is 0.138 e. The van der Waals surface area contributed by atoms with Gasteiger partial charge in [-0.1, -0.05) is 17.7 Å². The van der Waals surface area contributed by atoms with Crippen LogP contribution >= 0.6 is 27.5 Å². The lowest BCUT2D eigenvalue weighted by atomic mass is 10.2. The summed E-state index contributed by atoms with van der Waals surface area (Å²) >= 11 is 9.09. The quantitative estimate of drug-likeness (QED) is 0.791. The van der Waals surface area contributed by atoms with E-state index in [9.17, 15) is 4.39 Å². The van der Waals surface area contributed by atoms with Crippen LogP contribution in [0.25, 0.3) is 0 Å². The van der Waals surface area contributed by atoms with Crippen LogP contribution in [0.4, 0.5) is 4.39 Å². The molecule has 0 fully saturated rings. The molecule has 1 heterocycles. The minimum Gasteiger partial charge on any atom is -0.487 e. The summed E-state index contributed by atoms with van der Waals surface area (Å²) in [5.74, 6) is 0.190. The van der Waals surface area contributed by atoms with Gasteiger partial charge in [0.15, 0.2) is 0 Å². The summed E-state index contributed by atoms with van der Waals surface area (Å²) < 4.78 is 19.5. The van der Waals surface area contributed by atoms with Crippen LogP contribution < -0.4 is 4.74 Å². The highest BCUT2D eigenvalue weighted by Crippen LogP contribution is 2.21. The first-order valence-electron chi connectivity index (χ1n) is 4.84. The normalized spacial score (nSPS) is 10.3. The molecule has 1 aromatic heterocycles. The average molecular weight is 317 g/mol. The number of halogens is 3. The largest absolute Gasteiger partial charge is 0.487 e. The third-order valence-electron chi connectivity index (χ3n) is 2.15. The Morgan fingerprint density at radius 3 is 2.76 bits per heavy atom. The predicted molar refractivity (Wildman–Crippen MR) is 67.7 cm³/mol. The van der Waals surface area contributed by atoms with Gasteiger partial charge in [0.2, 0.25) is 0 Å². The molecule has 0 N–H and O–H groups in total. The molecular weight excluding hydrogens is 308 g/mol. The maximum atomic E-state index is 13.4. The van der Waals surface area contributed by atoms with Crippen molar-refractivity contribution in [3.63, 3.8) is 0 Å². The van der Waals surface area contributed by atoms with Crippen molar-refractivity contribution in [3.05, 3.63) is 57.5 Å². The van der Waals surface area contributed by atoms with Crippen molar-refractivity contribution in [2.75, 3.05) is 0 Å². The summed E-state index contributed by atoms with van der Waals surface area (Å²) in [5, 5.41) is 0.357. The van der Waals surface area contributed by atoms with Gasteiger partial charge >= 0.3 is 0 Å². The molecule has 0 spiro atoms. The number of nitrogens with zero attached hydrogens (tertiary/aromatic N) is 1. The molecule has 0 aliphatic heterocycles.